The third kappa shape index (κ3) is 2.15. The van der Waals surface area contributed by atoms with Crippen LogP contribution in [0, 0.1) is 0 Å². The van der Waals surface area contributed by atoms with Crippen LogP contribution in [0.25, 0.3) is 11.3 Å². The Bertz CT molecular complexity index is 585. The smallest absolute Gasteiger partial charge is 0.0705 e. The maximum atomic E-state index is 4.71. The molecule has 0 amide bonds. The van der Waals surface area contributed by atoms with E-state index in [1.165, 1.54) is 73.8 Å². The summed E-state index contributed by atoms with van der Waals surface area (Å²) in [5.74, 6) is 0. The van der Waals surface area contributed by atoms with Crippen LogP contribution in [0.1, 0.15) is 47.9 Å². The summed E-state index contributed by atoms with van der Waals surface area (Å²) >= 11 is 0. The van der Waals surface area contributed by atoms with Crippen molar-refractivity contribution in [3.05, 3.63) is 52.7 Å². The molecule has 1 heteroatoms. The summed E-state index contributed by atoms with van der Waals surface area (Å²) < 4.78 is 0. The van der Waals surface area contributed by atoms with Crippen molar-refractivity contribution in [2.45, 2.75) is 51.4 Å². The molecule has 1 aromatic heterocycles. The topological polar surface area (TPSA) is 12.9 Å². The Labute approximate surface area is 121 Å². The van der Waals surface area contributed by atoms with E-state index in [9.17, 15) is 0 Å². The minimum absolute atomic E-state index is 1.17. The van der Waals surface area contributed by atoms with Crippen LogP contribution in [-0.2, 0) is 25.7 Å². The Morgan fingerprint density at radius 2 is 1.30 bits per heavy atom. The summed E-state index contributed by atoms with van der Waals surface area (Å²) in [4.78, 5) is 4.71. The van der Waals surface area contributed by atoms with Gasteiger partial charge in [0.05, 0.1) is 5.69 Å². The summed E-state index contributed by atoms with van der Waals surface area (Å²) in [6.07, 6.45) is 12.4. The highest BCUT2D eigenvalue weighted by molar-refractivity contribution is 5.62. The minimum atomic E-state index is 1.17. The van der Waals surface area contributed by atoms with Crippen LogP contribution in [-0.4, -0.2) is 4.98 Å². The van der Waals surface area contributed by atoms with Crippen molar-refractivity contribution >= 4 is 0 Å². The van der Waals surface area contributed by atoms with Crippen LogP contribution >= 0.6 is 0 Å². The van der Waals surface area contributed by atoms with E-state index in [0.717, 1.165) is 0 Å². The van der Waals surface area contributed by atoms with E-state index in [1.54, 1.807) is 11.1 Å². The Morgan fingerprint density at radius 1 is 0.650 bits per heavy atom. The molecule has 0 saturated carbocycles. The number of aromatic nitrogens is 1. The number of rotatable bonds is 1. The SMILES string of the molecule is c1cc2c(cc1-c1cc3c(cn1)CCCC3)CCCC2. The van der Waals surface area contributed by atoms with Gasteiger partial charge in [-0.1, -0.05) is 12.1 Å². The number of benzene rings is 1. The van der Waals surface area contributed by atoms with Gasteiger partial charge in [0.25, 0.3) is 0 Å². The molecular weight excluding hydrogens is 242 g/mol. The summed E-state index contributed by atoms with van der Waals surface area (Å²) in [7, 11) is 0. The van der Waals surface area contributed by atoms with Gasteiger partial charge < -0.3 is 0 Å². The fourth-order valence-corrected chi connectivity index (χ4v) is 3.66. The van der Waals surface area contributed by atoms with Gasteiger partial charge in [-0.25, -0.2) is 0 Å². The fraction of sp³-hybridized carbons (Fsp3) is 0.421. The molecule has 1 aromatic carbocycles. The maximum Gasteiger partial charge on any atom is 0.0705 e. The highest BCUT2D eigenvalue weighted by atomic mass is 14.7. The second-order valence-electron chi connectivity index (χ2n) is 6.24. The molecule has 0 N–H and O–H groups in total. The monoisotopic (exact) mass is 263 g/mol. The highest BCUT2D eigenvalue weighted by Crippen LogP contribution is 2.29. The molecule has 4 rings (SSSR count). The normalized spacial score (nSPS) is 17.4. The zero-order valence-corrected chi connectivity index (χ0v) is 12.0. The molecule has 0 radical (unpaired) electrons. The van der Waals surface area contributed by atoms with E-state index >= 15 is 0 Å². The summed E-state index contributed by atoms with van der Waals surface area (Å²) in [5, 5.41) is 0. The number of pyridine rings is 1. The molecule has 0 atom stereocenters. The van der Waals surface area contributed by atoms with Crippen molar-refractivity contribution < 1.29 is 0 Å². The molecule has 2 aromatic rings. The van der Waals surface area contributed by atoms with Gasteiger partial charge in [0, 0.05) is 11.8 Å². The lowest BCUT2D eigenvalue weighted by molar-refractivity contribution is 0.682. The number of hydrogen-bond acceptors (Lipinski definition) is 1. The molecule has 1 heterocycles. The molecule has 0 saturated heterocycles. The first-order chi connectivity index (χ1) is 9.90. The van der Waals surface area contributed by atoms with Crippen LogP contribution < -0.4 is 0 Å². The van der Waals surface area contributed by atoms with Crippen molar-refractivity contribution in [1.82, 2.24) is 4.98 Å². The Morgan fingerprint density at radius 3 is 2.10 bits per heavy atom. The largest absolute Gasteiger partial charge is 0.256 e. The molecule has 1 nitrogen and oxygen atoms in total. The first-order valence-corrected chi connectivity index (χ1v) is 8.00. The number of hydrogen-bond donors (Lipinski definition) is 0. The highest BCUT2D eigenvalue weighted by Gasteiger charge is 2.13. The van der Waals surface area contributed by atoms with Crippen LogP contribution in [0.4, 0.5) is 0 Å². The van der Waals surface area contributed by atoms with Gasteiger partial charge in [-0.05, 0) is 85.8 Å². The van der Waals surface area contributed by atoms with Gasteiger partial charge in [-0.3, -0.25) is 4.98 Å². The molecule has 0 fully saturated rings. The van der Waals surface area contributed by atoms with E-state index in [2.05, 4.69) is 30.5 Å². The molecule has 0 aliphatic heterocycles. The Kier molecular flexibility index (Phi) is 3.06. The lowest BCUT2D eigenvalue weighted by Gasteiger charge is -2.18. The van der Waals surface area contributed by atoms with E-state index < -0.39 is 0 Å². The third-order valence-corrected chi connectivity index (χ3v) is 4.87. The third-order valence-electron chi connectivity index (χ3n) is 4.87. The van der Waals surface area contributed by atoms with Gasteiger partial charge >= 0.3 is 0 Å². The standard InChI is InChI=1S/C19H21N/c1-2-6-15-11-17(10-9-14(15)5-1)19-12-16-7-3-4-8-18(16)13-20-19/h9-13H,1-8H2. The minimum Gasteiger partial charge on any atom is -0.256 e. The first-order valence-electron chi connectivity index (χ1n) is 8.00. The van der Waals surface area contributed by atoms with E-state index in [4.69, 9.17) is 4.98 Å². The van der Waals surface area contributed by atoms with Gasteiger partial charge in [0.1, 0.15) is 0 Å². The summed E-state index contributed by atoms with van der Waals surface area (Å²) in [5.41, 5.74) is 8.57. The van der Waals surface area contributed by atoms with Crippen molar-refractivity contribution in [3.63, 3.8) is 0 Å². The average molecular weight is 263 g/mol. The van der Waals surface area contributed by atoms with Crippen molar-refractivity contribution in [1.29, 1.82) is 0 Å². The van der Waals surface area contributed by atoms with Gasteiger partial charge in [-0.15, -0.1) is 0 Å². The molecule has 2 aliphatic carbocycles. The Balaban J connectivity index is 1.73. The number of fused-ring (bicyclic) bond motifs is 2. The van der Waals surface area contributed by atoms with Gasteiger partial charge in [-0.2, -0.15) is 0 Å². The maximum absolute atomic E-state index is 4.71. The molecule has 102 valence electrons. The lowest BCUT2D eigenvalue weighted by atomic mass is 9.88. The molecule has 2 aliphatic rings. The van der Waals surface area contributed by atoms with Crippen LogP contribution in [0.2, 0.25) is 0 Å². The van der Waals surface area contributed by atoms with Crippen molar-refractivity contribution in [2.75, 3.05) is 0 Å². The zero-order valence-electron chi connectivity index (χ0n) is 12.0. The molecule has 0 bridgehead atoms. The molecule has 20 heavy (non-hydrogen) atoms. The quantitative estimate of drug-likeness (QED) is 0.738. The predicted octanol–water partition coefficient (Wildman–Crippen LogP) is 4.51. The van der Waals surface area contributed by atoms with E-state index in [0.29, 0.717) is 0 Å². The average Bonchev–Trinajstić information content (AvgIpc) is 2.54. The Hall–Kier alpha value is -1.63. The second kappa shape index (κ2) is 5.05. The van der Waals surface area contributed by atoms with Crippen LogP contribution in [0.3, 0.4) is 0 Å². The predicted molar refractivity (Wildman–Crippen MR) is 83.0 cm³/mol. The van der Waals surface area contributed by atoms with Crippen molar-refractivity contribution in [2.24, 2.45) is 0 Å². The molecule has 0 unspecified atom stereocenters. The molecule has 0 spiro atoms. The summed E-state index contributed by atoms with van der Waals surface area (Å²) in [6.45, 7) is 0. The van der Waals surface area contributed by atoms with Crippen molar-refractivity contribution in [3.8, 4) is 11.3 Å². The van der Waals surface area contributed by atoms with E-state index in [-0.39, 0.29) is 0 Å². The van der Waals surface area contributed by atoms with Gasteiger partial charge in [0.15, 0.2) is 0 Å². The van der Waals surface area contributed by atoms with Crippen LogP contribution in [0.15, 0.2) is 30.5 Å². The number of nitrogens with zero attached hydrogens (tertiary/aromatic N) is 1. The lowest BCUT2D eigenvalue weighted by Crippen LogP contribution is -2.05. The van der Waals surface area contributed by atoms with Gasteiger partial charge in [0.2, 0.25) is 0 Å². The zero-order chi connectivity index (χ0) is 13.4. The first kappa shape index (κ1) is 12.1. The number of aryl methyl sites for hydroxylation is 4. The van der Waals surface area contributed by atoms with E-state index in [1.807, 2.05) is 0 Å². The second-order valence-corrected chi connectivity index (χ2v) is 6.24. The fourth-order valence-electron chi connectivity index (χ4n) is 3.66. The van der Waals surface area contributed by atoms with Crippen LogP contribution in [0.5, 0.6) is 0 Å². The molecular formula is C19H21N. The summed E-state index contributed by atoms with van der Waals surface area (Å²) in [6, 6.07) is 9.30.